The molecule has 5 unspecified atom stereocenters. The van der Waals surface area contributed by atoms with E-state index in [1.807, 2.05) is 54.6 Å². The Balaban J connectivity index is 0.956. The van der Waals surface area contributed by atoms with Crippen LogP contribution in [0.3, 0.4) is 0 Å². The first-order valence-corrected chi connectivity index (χ1v) is 18.6. The van der Waals surface area contributed by atoms with E-state index in [0.717, 1.165) is 53.5 Å². The summed E-state index contributed by atoms with van der Waals surface area (Å²) in [6.45, 7) is 1.67. The molecule has 1 aromatic heterocycles. The molecule has 0 radical (unpaired) electrons. The van der Waals surface area contributed by atoms with Crippen LogP contribution in [0.2, 0.25) is 0 Å². The molecule has 8 rings (SSSR count). The van der Waals surface area contributed by atoms with Crippen LogP contribution in [0.15, 0.2) is 72.8 Å². The van der Waals surface area contributed by atoms with Crippen molar-refractivity contribution in [3.8, 4) is 23.0 Å². The van der Waals surface area contributed by atoms with Crippen molar-refractivity contribution in [1.29, 1.82) is 0 Å². The lowest BCUT2D eigenvalue weighted by Crippen LogP contribution is -2.52. The second-order valence-corrected chi connectivity index (χ2v) is 14.5. The fraction of sp³-hybridized carbons (Fsp3) is 0.372. The van der Waals surface area contributed by atoms with Crippen LogP contribution in [-0.4, -0.2) is 75.6 Å². The first-order chi connectivity index (χ1) is 26.8. The maximum absolute atomic E-state index is 13.7. The summed E-state index contributed by atoms with van der Waals surface area (Å²) < 4.78 is 38.9. The lowest BCUT2D eigenvalue weighted by atomic mass is 9.65. The fourth-order valence-corrected chi connectivity index (χ4v) is 8.96. The zero-order chi connectivity index (χ0) is 38.2. The number of hydrogen-bond acceptors (Lipinski definition) is 11. The van der Waals surface area contributed by atoms with Crippen LogP contribution in [0.5, 0.6) is 23.0 Å². The van der Waals surface area contributed by atoms with Crippen LogP contribution in [0.1, 0.15) is 52.5 Å². The van der Waals surface area contributed by atoms with E-state index in [9.17, 15) is 14.4 Å². The highest BCUT2D eigenvalue weighted by atomic mass is 16.7. The number of carbonyl (C=O) groups excluding carboxylic acids is 3. The summed E-state index contributed by atoms with van der Waals surface area (Å²) in [6, 6.07) is 22.9. The first kappa shape index (κ1) is 36.2. The Morgan fingerprint density at radius 3 is 2.36 bits per heavy atom. The standard InChI is InChI=1S/C43H44N2O10/c1-49-29-11-12-31-32-13-14-45-22-28-16-30(19-34(42(47)52-4)33(28)21-36(45)39(32)44-35(31)20-29)54-41(46)27-17-37(50-2)40(38(18-27)51-3)55-43(48)53-23-24-9-10-25-7-5-6-8-26(25)15-24/h5-12,15,17-18,20,28,30,33-34,36,44H,13-14,16,19,21-23H2,1-4H3. The summed E-state index contributed by atoms with van der Waals surface area (Å²) >= 11 is 0. The number of aromatic amines is 1. The van der Waals surface area contributed by atoms with Crippen molar-refractivity contribution in [2.45, 2.75) is 44.4 Å². The van der Waals surface area contributed by atoms with Gasteiger partial charge in [-0.3, -0.25) is 9.69 Å². The van der Waals surface area contributed by atoms with E-state index in [4.69, 9.17) is 33.2 Å². The molecule has 3 heterocycles. The number of fused-ring (bicyclic) bond motifs is 7. The number of aromatic nitrogens is 1. The summed E-state index contributed by atoms with van der Waals surface area (Å²) in [5.41, 5.74) is 4.53. The molecule has 3 aliphatic rings. The quantitative estimate of drug-likeness (QED) is 0.0918. The Morgan fingerprint density at radius 1 is 0.836 bits per heavy atom. The molecule has 12 nitrogen and oxygen atoms in total. The highest BCUT2D eigenvalue weighted by Gasteiger charge is 2.49. The van der Waals surface area contributed by atoms with Crippen molar-refractivity contribution in [2.75, 3.05) is 41.5 Å². The molecule has 286 valence electrons. The van der Waals surface area contributed by atoms with Gasteiger partial charge in [-0.05, 0) is 89.8 Å². The van der Waals surface area contributed by atoms with E-state index in [2.05, 4.69) is 16.0 Å². The van der Waals surface area contributed by atoms with Crippen LogP contribution in [-0.2, 0) is 32.0 Å². The zero-order valence-electron chi connectivity index (χ0n) is 31.3. The van der Waals surface area contributed by atoms with Gasteiger partial charge in [0.2, 0.25) is 5.75 Å². The number of nitrogens with zero attached hydrogens (tertiary/aromatic N) is 1. The number of carbonyl (C=O) groups is 3. The van der Waals surface area contributed by atoms with Crippen LogP contribution in [0.4, 0.5) is 4.79 Å². The fourth-order valence-electron chi connectivity index (χ4n) is 8.96. The van der Waals surface area contributed by atoms with E-state index < -0.39 is 24.1 Å². The van der Waals surface area contributed by atoms with E-state index in [0.29, 0.717) is 12.8 Å². The smallest absolute Gasteiger partial charge is 0.497 e. The Bertz CT molecular complexity index is 2240. The van der Waals surface area contributed by atoms with Crippen molar-refractivity contribution in [1.82, 2.24) is 9.88 Å². The molecule has 2 fully saturated rings. The number of rotatable bonds is 9. The first-order valence-electron chi connectivity index (χ1n) is 18.6. The number of ether oxygens (including phenoxy) is 7. The highest BCUT2D eigenvalue weighted by molar-refractivity contribution is 5.92. The van der Waals surface area contributed by atoms with Gasteiger partial charge >= 0.3 is 18.1 Å². The second-order valence-electron chi connectivity index (χ2n) is 14.5. The third kappa shape index (κ3) is 7.02. The minimum absolute atomic E-state index is 0.00731. The number of benzene rings is 4. The molecule has 0 bridgehead atoms. The van der Waals surface area contributed by atoms with Crippen molar-refractivity contribution in [3.63, 3.8) is 0 Å². The van der Waals surface area contributed by atoms with E-state index in [1.165, 1.54) is 50.1 Å². The Kier molecular flexibility index (Phi) is 10.00. The predicted molar refractivity (Wildman–Crippen MR) is 203 cm³/mol. The van der Waals surface area contributed by atoms with Crippen LogP contribution in [0.25, 0.3) is 21.7 Å². The average Bonchev–Trinajstić information content (AvgIpc) is 3.59. The largest absolute Gasteiger partial charge is 0.514 e. The third-order valence-corrected chi connectivity index (χ3v) is 11.6. The molecule has 1 saturated heterocycles. The van der Waals surface area contributed by atoms with Crippen molar-refractivity contribution in [3.05, 3.63) is 95.2 Å². The minimum atomic E-state index is -0.963. The third-order valence-electron chi connectivity index (χ3n) is 11.6. The molecule has 0 spiro atoms. The van der Waals surface area contributed by atoms with Crippen LogP contribution in [0, 0.1) is 17.8 Å². The van der Waals surface area contributed by atoms with Crippen molar-refractivity contribution < 1.29 is 47.5 Å². The number of nitrogens with one attached hydrogen (secondary N) is 1. The number of hydrogen-bond donors (Lipinski definition) is 1. The number of esters is 2. The van der Waals surface area contributed by atoms with Gasteiger partial charge in [0.25, 0.3) is 0 Å². The summed E-state index contributed by atoms with van der Waals surface area (Å²) in [6.07, 6.45) is 1.19. The van der Waals surface area contributed by atoms with Gasteiger partial charge in [-0.1, -0.05) is 36.4 Å². The molecule has 55 heavy (non-hydrogen) atoms. The maximum atomic E-state index is 13.7. The molecule has 1 saturated carbocycles. The van der Waals surface area contributed by atoms with E-state index in [1.54, 1.807) is 7.11 Å². The van der Waals surface area contributed by atoms with Crippen molar-refractivity contribution >= 4 is 39.8 Å². The van der Waals surface area contributed by atoms with Gasteiger partial charge in [-0.2, -0.15) is 0 Å². The molecular formula is C43H44N2O10. The summed E-state index contributed by atoms with van der Waals surface area (Å²) in [7, 11) is 5.87. The van der Waals surface area contributed by atoms with Gasteiger partial charge in [0.1, 0.15) is 18.5 Å². The monoisotopic (exact) mass is 748 g/mol. The Hall–Kier alpha value is -5.75. The second kappa shape index (κ2) is 15.2. The van der Waals surface area contributed by atoms with Gasteiger partial charge in [0, 0.05) is 35.8 Å². The van der Waals surface area contributed by atoms with Gasteiger partial charge in [-0.15, -0.1) is 0 Å². The summed E-state index contributed by atoms with van der Waals surface area (Å²) in [5.74, 6) is -0.207. The Labute approximate surface area is 318 Å². The Morgan fingerprint density at radius 2 is 1.62 bits per heavy atom. The highest BCUT2D eigenvalue weighted by Crippen LogP contribution is 2.50. The van der Waals surface area contributed by atoms with Gasteiger partial charge in [-0.25, -0.2) is 9.59 Å². The van der Waals surface area contributed by atoms with Crippen molar-refractivity contribution in [2.24, 2.45) is 17.8 Å². The summed E-state index contributed by atoms with van der Waals surface area (Å²) in [4.78, 5) is 46.1. The van der Waals surface area contributed by atoms with E-state index in [-0.39, 0.29) is 53.3 Å². The van der Waals surface area contributed by atoms with Gasteiger partial charge < -0.3 is 38.1 Å². The SMILES string of the molecule is COC(=O)C1CC(OC(=O)c2cc(OC)c(OC(=O)OCc3ccc4ccccc4c3)c(OC)c2)CC2CN3CCc4c([nH]c5cc(OC)ccc45)C3CC21. The molecule has 1 aliphatic carbocycles. The lowest BCUT2D eigenvalue weighted by Gasteiger charge is -2.51. The number of H-pyrrole nitrogens is 1. The predicted octanol–water partition coefficient (Wildman–Crippen LogP) is 7.41. The molecule has 0 amide bonds. The minimum Gasteiger partial charge on any atom is -0.497 e. The molecule has 4 aromatic carbocycles. The van der Waals surface area contributed by atoms with Crippen LogP contribution >= 0.6 is 0 Å². The number of methoxy groups -OCH3 is 4. The van der Waals surface area contributed by atoms with Gasteiger partial charge in [0.05, 0.1) is 46.0 Å². The molecule has 5 aromatic rings. The topological polar surface area (TPSA) is 135 Å². The molecular weight excluding hydrogens is 704 g/mol. The molecule has 1 N–H and O–H groups in total. The summed E-state index contributed by atoms with van der Waals surface area (Å²) in [5, 5.41) is 3.31. The lowest BCUT2D eigenvalue weighted by molar-refractivity contribution is -0.155. The zero-order valence-corrected chi connectivity index (χ0v) is 31.3. The molecule has 2 aliphatic heterocycles. The van der Waals surface area contributed by atoms with Gasteiger partial charge in [0.15, 0.2) is 11.5 Å². The maximum Gasteiger partial charge on any atom is 0.514 e. The number of piperidine rings is 1. The average molecular weight is 749 g/mol. The van der Waals surface area contributed by atoms with Crippen LogP contribution < -0.4 is 18.9 Å². The van der Waals surface area contributed by atoms with E-state index >= 15 is 0 Å². The molecule has 12 heteroatoms. The normalized spacial score (nSPS) is 21.8. The molecule has 5 atom stereocenters.